The van der Waals surface area contributed by atoms with Crippen LogP contribution < -0.4 is 4.13 Å². The van der Waals surface area contributed by atoms with Crippen LogP contribution in [0.3, 0.4) is 0 Å². The van der Waals surface area contributed by atoms with Gasteiger partial charge in [0.2, 0.25) is 20.9 Å². The number of thiol groups is 1. The molecule has 1 N–H and O–H groups in total. The molecule has 0 unspecified atom stereocenters. The van der Waals surface area contributed by atoms with E-state index in [-0.39, 0.29) is 5.75 Å². The molecule has 0 aliphatic rings. The lowest BCUT2D eigenvalue weighted by atomic mass is 10.6. The first-order valence-electron chi connectivity index (χ1n) is 2.62. The normalized spacial score (nSPS) is 12.2. The molecular formula is C3H9NO4S2. The summed E-state index contributed by atoms with van der Waals surface area (Å²) >= 11 is 0. The molecule has 0 aliphatic carbocycles. The predicted molar refractivity (Wildman–Crippen MR) is 37.5 cm³/mol. The second-order valence-corrected chi connectivity index (χ2v) is 4.55. The Kier molecular flexibility index (Phi) is 3.84. The van der Waals surface area contributed by atoms with Crippen LogP contribution >= 0.6 is 0 Å². The summed E-state index contributed by atoms with van der Waals surface area (Å²) in [6.07, 6.45) is 0.401. The highest BCUT2D eigenvalue weighted by Crippen LogP contribution is 1.86. The van der Waals surface area contributed by atoms with Crippen LogP contribution in [-0.2, 0) is 20.9 Å². The van der Waals surface area contributed by atoms with Gasteiger partial charge in [-0.15, -0.1) is 4.13 Å². The topological polar surface area (TPSA) is 80.3 Å². The lowest BCUT2D eigenvalue weighted by Gasteiger charge is -1.95. The lowest BCUT2D eigenvalue weighted by molar-refractivity contribution is 0.584. The van der Waals surface area contributed by atoms with Crippen molar-refractivity contribution in [1.82, 2.24) is 4.13 Å². The molecule has 0 aromatic rings. The summed E-state index contributed by atoms with van der Waals surface area (Å²) < 4.78 is 42.2. The number of sulfonamides is 1. The first-order valence-corrected chi connectivity index (χ1v) is 5.45. The highest BCUT2D eigenvalue weighted by molar-refractivity contribution is 7.98. The van der Waals surface area contributed by atoms with Crippen LogP contribution in [0.5, 0.6) is 0 Å². The van der Waals surface area contributed by atoms with Gasteiger partial charge >= 0.3 is 0 Å². The lowest BCUT2D eigenvalue weighted by Crippen LogP contribution is -2.24. The van der Waals surface area contributed by atoms with Gasteiger partial charge in [0, 0.05) is 0 Å². The van der Waals surface area contributed by atoms with Gasteiger partial charge in [-0.1, -0.05) is 6.92 Å². The maximum atomic E-state index is 10.5. The van der Waals surface area contributed by atoms with Gasteiger partial charge in [0.1, 0.15) is 0 Å². The zero-order chi connectivity index (χ0) is 8.20. The summed E-state index contributed by atoms with van der Waals surface area (Å²) in [5, 5.41) is 0. The average Bonchev–Trinajstić information content (AvgIpc) is 1.59. The van der Waals surface area contributed by atoms with Crippen molar-refractivity contribution in [2.45, 2.75) is 13.3 Å². The molecule has 0 saturated carbocycles. The molecule has 0 amide bonds. The molecule has 0 atom stereocenters. The van der Waals surface area contributed by atoms with Crippen LogP contribution in [0, 0.1) is 0 Å². The maximum absolute atomic E-state index is 10.5. The van der Waals surface area contributed by atoms with Gasteiger partial charge in [0.15, 0.2) is 0 Å². The van der Waals surface area contributed by atoms with Crippen LogP contribution in [0.1, 0.15) is 13.3 Å². The molecule has 0 aromatic carbocycles. The largest absolute Gasteiger partial charge is 0.224 e. The zero-order valence-electron chi connectivity index (χ0n) is 5.40. The fraction of sp³-hybridized carbons (Fsp3) is 1.00. The van der Waals surface area contributed by atoms with Crippen molar-refractivity contribution >= 4 is 20.9 Å². The van der Waals surface area contributed by atoms with E-state index >= 15 is 0 Å². The third-order valence-electron chi connectivity index (χ3n) is 0.686. The van der Waals surface area contributed by atoms with E-state index in [0.717, 1.165) is 0 Å². The quantitative estimate of drug-likeness (QED) is 0.544. The minimum atomic E-state index is -3.58. The van der Waals surface area contributed by atoms with Crippen molar-refractivity contribution in [3.05, 3.63) is 0 Å². The molecule has 0 saturated heterocycles. The summed E-state index contributed by atoms with van der Waals surface area (Å²) in [6, 6.07) is 0. The monoisotopic (exact) mass is 187 g/mol. The summed E-state index contributed by atoms with van der Waals surface area (Å²) in [5.74, 6) is -0.156. The van der Waals surface area contributed by atoms with Crippen LogP contribution in [0.2, 0.25) is 0 Å². The number of nitrogens with one attached hydrogen (secondary N) is 1. The average molecular weight is 187 g/mol. The molecule has 62 valence electrons. The van der Waals surface area contributed by atoms with Crippen molar-refractivity contribution in [2.75, 3.05) is 5.75 Å². The summed E-state index contributed by atoms with van der Waals surface area (Å²) in [7, 11) is -6.62. The number of hydrogen-bond donors (Lipinski definition) is 2. The SMILES string of the molecule is CCCS(=O)(=O)N[SH](=O)=O. The van der Waals surface area contributed by atoms with Gasteiger partial charge in [-0.3, -0.25) is 0 Å². The smallest absolute Gasteiger partial charge is 0.215 e. The van der Waals surface area contributed by atoms with E-state index < -0.39 is 20.9 Å². The minimum absolute atomic E-state index is 0.156. The third-order valence-corrected chi connectivity index (χ3v) is 3.34. The molecule has 10 heavy (non-hydrogen) atoms. The first-order chi connectivity index (χ1) is 4.48. The third kappa shape index (κ3) is 4.71. The second kappa shape index (κ2) is 3.89. The Labute approximate surface area is 61.6 Å². The van der Waals surface area contributed by atoms with E-state index in [9.17, 15) is 16.8 Å². The molecule has 0 aromatic heterocycles. The van der Waals surface area contributed by atoms with E-state index in [0.29, 0.717) is 6.42 Å². The first kappa shape index (κ1) is 9.86. The Hall–Kier alpha value is -0.140. The summed E-state index contributed by atoms with van der Waals surface area (Å²) in [6.45, 7) is 1.65. The highest BCUT2D eigenvalue weighted by Gasteiger charge is 2.07. The molecule has 0 bridgehead atoms. The van der Waals surface area contributed by atoms with Gasteiger partial charge in [-0.2, -0.15) is 0 Å². The maximum Gasteiger partial charge on any atom is 0.224 e. The van der Waals surface area contributed by atoms with Crippen LogP contribution in [0.4, 0.5) is 0 Å². The van der Waals surface area contributed by atoms with Gasteiger partial charge in [0.05, 0.1) is 5.75 Å². The predicted octanol–water partition coefficient (Wildman–Crippen LogP) is -1.16. The molecule has 0 aliphatic heterocycles. The summed E-state index contributed by atoms with van der Waals surface area (Å²) in [5.41, 5.74) is 0. The molecule has 0 fully saturated rings. The Morgan fingerprint density at radius 2 is 1.90 bits per heavy atom. The van der Waals surface area contributed by atoms with Crippen molar-refractivity contribution in [3.8, 4) is 0 Å². The van der Waals surface area contributed by atoms with Crippen molar-refractivity contribution in [2.24, 2.45) is 0 Å². The zero-order valence-corrected chi connectivity index (χ0v) is 7.11. The number of hydrogen-bond acceptors (Lipinski definition) is 4. The minimum Gasteiger partial charge on any atom is -0.215 e. The Morgan fingerprint density at radius 3 is 2.20 bits per heavy atom. The standard InChI is InChI=1S/C3H9NO4S2/c1-2-3-10(7,8)4-9(5)6/h9H,2-3H2,1H3,(H,4,5,6). The van der Waals surface area contributed by atoms with Gasteiger partial charge in [-0.25, -0.2) is 16.8 Å². The molecule has 0 rings (SSSR count). The van der Waals surface area contributed by atoms with E-state index in [1.165, 1.54) is 4.13 Å². The van der Waals surface area contributed by atoms with E-state index in [2.05, 4.69) is 0 Å². The Morgan fingerprint density at radius 1 is 1.40 bits per heavy atom. The van der Waals surface area contributed by atoms with Crippen molar-refractivity contribution in [3.63, 3.8) is 0 Å². The Balaban J connectivity index is 4.15. The van der Waals surface area contributed by atoms with E-state index in [1.807, 2.05) is 0 Å². The molecule has 0 spiro atoms. The molecule has 0 heterocycles. The molecule has 0 radical (unpaired) electrons. The van der Waals surface area contributed by atoms with E-state index in [1.54, 1.807) is 6.92 Å². The summed E-state index contributed by atoms with van der Waals surface area (Å²) in [4.78, 5) is 0. The van der Waals surface area contributed by atoms with E-state index in [4.69, 9.17) is 0 Å². The molecular weight excluding hydrogens is 178 g/mol. The fourth-order valence-electron chi connectivity index (χ4n) is 0.428. The fourth-order valence-corrected chi connectivity index (χ4v) is 2.24. The highest BCUT2D eigenvalue weighted by atomic mass is 32.3. The van der Waals surface area contributed by atoms with Crippen LogP contribution in [0.25, 0.3) is 0 Å². The van der Waals surface area contributed by atoms with Gasteiger partial charge < -0.3 is 0 Å². The number of rotatable bonds is 4. The van der Waals surface area contributed by atoms with Crippen LogP contribution in [0.15, 0.2) is 0 Å². The van der Waals surface area contributed by atoms with Gasteiger partial charge in [0.25, 0.3) is 0 Å². The molecule has 7 heteroatoms. The van der Waals surface area contributed by atoms with Crippen molar-refractivity contribution < 1.29 is 16.8 Å². The molecule has 5 nitrogen and oxygen atoms in total. The second-order valence-electron chi connectivity index (χ2n) is 1.67. The Bertz CT molecular complexity index is 244. The van der Waals surface area contributed by atoms with Crippen molar-refractivity contribution in [1.29, 1.82) is 0 Å². The van der Waals surface area contributed by atoms with Crippen LogP contribution in [-0.4, -0.2) is 22.6 Å². The van der Waals surface area contributed by atoms with Gasteiger partial charge in [-0.05, 0) is 6.42 Å².